The Labute approximate surface area is 137 Å². The van der Waals surface area contributed by atoms with Gasteiger partial charge in [0.1, 0.15) is 0 Å². The second-order valence-corrected chi connectivity index (χ2v) is 5.78. The summed E-state index contributed by atoms with van der Waals surface area (Å²) in [5.41, 5.74) is 1.96. The highest BCUT2D eigenvalue weighted by Crippen LogP contribution is 2.12. The van der Waals surface area contributed by atoms with E-state index in [1.54, 1.807) is 24.3 Å². The molecule has 0 atom stereocenters. The van der Waals surface area contributed by atoms with Gasteiger partial charge in [0.25, 0.3) is 0 Å². The molecule has 3 aromatic rings. The number of carbonyl (C=O) groups is 1. The number of aromatic amines is 1. The number of rotatable bonds is 5. The van der Waals surface area contributed by atoms with Gasteiger partial charge in [-0.1, -0.05) is 66.4 Å². The molecule has 5 nitrogen and oxygen atoms in total. The maximum atomic E-state index is 12.3. The summed E-state index contributed by atoms with van der Waals surface area (Å²) in [5.74, 6) is -0.0150. The Morgan fingerprint density at radius 1 is 1.09 bits per heavy atom. The number of thioether (sulfide) groups is 1. The van der Waals surface area contributed by atoms with E-state index < -0.39 is 0 Å². The summed E-state index contributed by atoms with van der Waals surface area (Å²) in [6.45, 7) is 0.371. The summed E-state index contributed by atoms with van der Waals surface area (Å²) in [4.78, 5) is 26.7. The van der Waals surface area contributed by atoms with Crippen LogP contribution in [0.4, 0.5) is 0 Å². The lowest BCUT2D eigenvalue weighted by Crippen LogP contribution is -2.18. The Kier molecular flexibility index (Phi) is 4.43. The Morgan fingerprint density at radius 3 is 2.35 bits per heavy atom. The maximum Gasteiger partial charge on any atom is 0.344 e. The van der Waals surface area contributed by atoms with Crippen LogP contribution in [0.15, 0.2) is 64.5 Å². The summed E-state index contributed by atoms with van der Waals surface area (Å²) in [6, 6.07) is 16.4. The van der Waals surface area contributed by atoms with E-state index in [4.69, 9.17) is 0 Å². The van der Waals surface area contributed by atoms with Gasteiger partial charge in [-0.15, -0.1) is 5.10 Å². The van der Waals surface area contributed by atoms with Gasteiger partial charge in [-0.2, -0.15) is 0 Å². The highest BCUT2D eigenvalue weighted by atomic mass is 32.2. The Bertz CT molecular complexity index is 867. The third kappa shape index (κ3) is 3.43. The van der Waals surface area contributed by atoms with Gasteiger partial charge in [0.05, 0.1) is 6.54 Å². The molecule has 1 aromatic heterocycles. The summed E-state index contributed by atoms with van der Waals surface area (Å²) in [5, 5.41) is 4.76. The number of benzene rings is 2. The zero-order valence-corrected chi connectivity index (χ0v) is 13.3. The van der Waals surface area contributed by atoms with Gasteiger partial charge in [0, 0.05) is 11.1 Å². The molecule has 0 unspecified atom stereocenters. The molecule has 0 saturated carbocycles. The molecule has 0 fully saturated rings. The number of ketones is 1. The van der Waals surface area contributed by atoms with Crippen LogP contribution < -0.4 is 5.69 Å². The highest BCUT2D eigenvalue weighted by molar-refractivity contribution is 7.98. The monoisotopic (exact) mass is 325 g/mol. The van der Waals surface area contributed by atoms with Crippen LogP contribution in [0.5, 0.6) is 0 Å². The number of carbonyl (C=O) groups excluding carboxylic acids is 1. The van der Waals surface area contributed by atoms with Gasteiger partial charge in [-0.05, 0) is 11.8 Å². The van der Waals surface area contributed by atoms with Crippen LogP contribution >= 0.6 is 11.8 Å². The van der Waals surface area contributed by atoms with Crippen molar-refractivity contribution >= 4 is 17.5 Å². The molecular formula is C17H15N3O2S. The lowest BCUT2D eigenvalue weighted by molar-refractivity contribution is 0.103. The Hall–Kier alpha value is -2.60. The molecule has 1 heterocycles. The first-order chi connectivity index (χ1) is 11.2. The van der Waals surface area contributed by atoms with Crippen LogP contribution in [-0.2, 0) is 6.54 Å². The van der Waals surface area contributed by atoms with Crippen molar-refractivity contribution in [2.45, 2.75) is 11.7 Å². The van der Waals surface area contributed by atoms with Crippen LogP contribution in [-0.4, -0.2) is 26.8 Å². The van der Waals surface area contributed by atoms with Gasteiger partial charge in [0.2, 0.25) is 0 Å². The Balaban J connectivity index is 1.78. The molecule has 116 valence electrons. The van der Waals surface area contributed by atoms with Crippen LogP contribution in [0.1, 0.15) is 21.5 Å². The van der Waals surface area contributed by atoms with Crippen LogP contribution in [0.3, 0.4) is 0 Å². The fraction of sp³-hybridized carbons (Fsp3) is 0.118. The van der Waals surface area contributed by atoms with E-state index in [0.29, 0.717) is 22.8 Å². The van der Waals surface area contributed by atoms with E-state index >= 15 is 0 Å². The average Bonchev–Trinajstić information content (AvgIpc) is 2.96. The molecule has 2 aromatic carbocycles. The van der Waals surface area contributed by atoms with E-state index in [-0.39, 0.29) is 11.5 Å². The number of nitrogens with one attached hydrogen (secondary N) is 1. The molecule has 6 heteroatoms. The van der Waals surface area contributed by atoms with E-state index in [0.717, 1.165) is 5.56 Å². The first-order valence-electron chi connectivity index (χ1n) is 7.07. The number of hydrogen-bond donors (Lipinski definition) is 1. The largest absolute Gasteiger partial charge is 0.344 e. The average molecular weight is 325 g/mol. The predicted octanol–water partition coefficient (Wildman–Crippen LogP) is 2.57. The minimum atomic E-state index is -0.237. The van der Waals surface area contributed by atoms with Crippen LogP contribution in [0.25, 0.3) is 0 Å². The maximum absolute atomic E-state index is 12.3. The quantitative estimate of drug-likeness (QED) is 0.578. The van der Waals surface area contributed by atoms with Crippen molar-refractivity contribution < 1.29 is 4.79 Å². The zero-order valence-electron chi connectivity index (χ0n) is 12.5. The summed E-state index contributed by atoms with van der Waals surface area (Å²) in [6.07, 6.45) is 1.85. The van der Waals surface area contributed by atoms with Crippen molar-refractivity contribution in [1.29, 1.82) is 0 Å². The number of hydrogen-bond acceptors (Lipinski definition) is 4. The molecule has 1 N–H and O–H groups in total. The van der Waals surface area contributed by atoms with Gasteiger partial charge in [-0.3, -0.25) is 9.78 Å². The zero-order chi connectivity index (χ0) is 16.2. The van der Waals surface area contributed by atoms with E-state index in [1.807, 2.05) is 36.6 Å². The molecule has 0 spiro atoms. The minimum absolute atomic E-state index is 0.0150. The van der Waals surface area contributed by atoms with Crippen molar-refractivity contribution in [3.05, 3.63) is 81.8 Å². The van der Waals surface area contributed by atoms with Crippen molar-refractivity contribution in [3.63, 3.8) is 0 Å². The normalized spacial score (nSPS) is 10.7. The lowest BCUT2D eigenvalue weighted by Gasteiger charge is -2.04. The van der Waals surface area contributed by atoms with Crippen molar-refractivity contribution in [2.75, 3.05) is 6.26 Å². The standard InChI is InChI=1S/C17H15N3O2S/c1-23-16-18-17(22)20(19-16)11-12-7-9-14(10-8-12)15(21)13-5-3-2-4-6-13/h2-10H,11H2,1H3,(H,18,19,22). The molecule has 0 amide bonds. The van der Waals surface area contributed by atoms with Crippen LogP contribution in [0.2, 0.25) is 0 Å². The van der Waals surface area contributed by atoms with Crippen molar-refractivity contribution in [3.8, 4) is 0 Å². The third-order valence-corrected chi connectivity index (χ3v) is 4.01. The van der Waals surface area contributed by atoms with E-state index in [9.17, 15) is 9.59 Å². The summed E-state index contributed by atoms with van der Waals surface area (Å²) < 4.78 is 1.37. The summed E-state index contributed by atoms with van der Waals surface area (Å²) in [7, 11) is 0. The van der Waals surface area contributed by atoms with Gasteiger partial charge >= 0.3 is 5.69 Å². The van der Waals surface area contributed by atoms with Gasteiger partial charge < -0.3 is 0 Å². The minimum Gasteiger partial charge on any atom is -0.289 e. The number of nitrogens with zero attached hydrogens (tertiary/aromatic N) is 2. The molecule has 23 heavy (non-hydrogen) atoms. The van der Waals surface area contributed by atoms with E-state index in [1.165, 1.54) is 16.4 Å². The number of aromatic nitrogens is 3. The smallest absolute Gasteiger partial charge is 0.289 e. The molecule has 0 aliphatic rings. The fourth-order valence-corrected chi connectivity index (χ4v) is 2.60. The molecule has 0 bridgehead atoms. The predicted molar refractivity (Wildman–Crippen MR) is 90.0 cm³/mol. The van der Waals surface area contributed by atoms with Gasteiger partial charge in [0.15, 0.2) is 10.9 Å². The second kappa shape index (κ2) is 6.66. The highest BCUT2D eigenvalue weighted by Gasteiger charge is 2.09. The molecular weight excluding hydrogens is 310 g/mol. The Morgan fingerprint density at radius 2 is 1.74 bits per heavy atom. The lowest BCUT2D eigenvalue weighted by atomic mass is 10.0. The van der Waals surface area contributed by atoms with Crippen molar-refractivity contribution in [2.24, 2.45) is 0 Å². The molecule has 0 radical (unpaired) electrons. The van der Waals surface area contributed by atoms with Gasteiger partial charge in [-0.25, -0.2) is 9.48 Å². The molecule has 3 rings (SSSR count). The van der Waals surface area contributed by atoms with Crippen LogP contribution in [0, 0.1) is 0 Å². The third-order valence-electron chi connectivity index (χ3n) is 3.44. The van der Waals surface area contributed by atoms with Crippen molar-refractivity contribution in [1.82, 2.24) is 14.8 Å². The van der Waals surface area contributed by atoms with E-state index in [2.05, 4.69) is 10.1 Å². The number of H-pyrrole nitrogens is 1. The first-order valence-corrected chi connectivity index (χ1v) is 8.29. The fourth-order valence-electron chi connectivity index (χ4n) is 2.23. The second-order valence-electron chi connectivity index (χ2n) is 4.99. The molecule has 0 aliphatic carbocycles. The first kappa shape index (κ1) is 15.3. The SMILES string of the molecule is CSc1nn(Cc2ccc(C(=O)c3ccccc3)cc2)c(=O)[nH]1. The topological polar surface area (TPSA) is 67.8 Å². The molecule has 0 saturated heterocycles. The molecule has 0 aliphatic heterocycles. The summed E-state index contributed by atoms with van der Waals surface area (Å²) >= 11 is 1.39.